The molecule has 1 aliphatic carbocycles. The third-order valence-electron chi connectivity index (χ3n) is 2.40. The highest BCUT2D eigenvalue weighted by Gasteiger charge is 2.42. The molecule has 2 rings (SSSR count). The van der Waals surface area contributed by atoms with Gasteiger partial charge in [-0.05, 0) is 18.1 Å². The van der Waals surface area contributed by atoms with E-state index < -0.39 is 11.7 Å². The molecule has 0 radical (unpaired) electrons. The van der Waals surface area contributed by atoms with Crippen molar-refractivity contribution in [1.29, 1.82) is 0 Å². The number of halogens is 3. The first kappa shape index (κ1) is 9.45. The highest BCUT2D eigenvalue weighted by atomic mass is 19.4. The standard InChI is InChI=1S/C9H9F3N2/c10-9(11,12)7-1-2-14-4-6(7)5-3-8(5)13/h1-2,4-5,8H,3,13H2. The van der Waals surface area contributed by atoms with E-state index in [0.717, 1.165) is 12.3 Å². The molecule has 1 saturated carbocycles. The molecule has 0 spiro atoms. The summed E-state index contributed by atoms with van der Waals surface area (Å²) in [5.74, 6) is -0.166. The minimum atomic E-state index is -4.30. The van der Waals surface area contributed by atoms with Gasteiger partial charge >= 0.3 is 6.18 Å². The Morgan fingerprint density at radius 1 is 1.43 bits per heavy atom. The first-order valence-electron chi connectivity index (χ1n) is 4.27. The summed E-state index contributed by atoms with van der Waals surface area (Å²) in [6, 6.07) is 0.862. The van der Waals surface area contributed by atoms with Crippen LogP contribution in [0.15, 0.2) is 18.5 Å². The van der Waals surface area contributed by atoms with Gasteiger partial charge in [-0.2, -0.15) is 13.2 Å². The highest BCUT2D eigenvalue weighted by Crippen LogP contribution is 2.44. The van der Waals surface area contributed by atoms with Crippen LogP contribution >= 0.6 is 0 Å². The monoisotopic (exact) mass is 202 g/mol. The van der Waals surface area contributed by atoms with E-state index in [-0.39, 0.29) is 17.5 Å². The lowest BCUT2D eigenvalue weighted by molar-refractivity contribution is -0.138. The number of hydrogen-bond donors (Lipinski definition) is 1. The Hall–Kier alpha value is -1.10. The minimum Gasteiger partial charge on any atom is -0.327 e. The molecule has 0 amide bonds. The topological polar surface area (TPSA) is 38.9 Å². The van der Waals surface area contributed by atoms with Crippen molar-refractivity contribution in [2.45, 2.75) is 24.6 Å². The van der Waals surface area contributed by atoms with Crippen molar-refractivity contribution in [2.24, 2.45) is 5.73 Å². The van der Waals surface area contributed by atoms with Crippen LogP contribution < -0.4 is 5.73 Å². The van der Waals surface area contributed by atoms with E-state index in [1.54, 1.807) is 0 Å². The molecule has 0 aromatic carbocycles. The maximum absolute atomic E-state index is 12.5. The number of hydrogen-bond acceptors (Lipinski definition) is 2. The first-order chi connectivity index (χ1) is 6.50. The molecule has 0 bridgehead atoms. The lowest BCUT2D eigenvalue weighted by atomic mass is 10.1. The Morgan fingerprint density at radius 3 is 2.57 bits per heavy atom. The van der Waals surface area contributed by atoms with Gasteiger partial charge in [0.25, 0.3) is 0 Å². The average Bonchev–Trinajstić information content (AvgIpc) is 2.81. The maximum atomic E-state index is 12.5. The summed E-state index contributed by atoms with van der Waals surface area (Å²) in [4.78, 5) is 3.70. The number of nitrogens with two attached hydrogens (primary N) is 1. The predicted octanol–water partition coefficient (Wildman–Crippen LogP) is 1.91. The van der Waals surface area contributed by atoms with E-state index >= 15 is 0 Å². The van der Waals surface area contributed by atoms with E-state index in [2.05, 4.69) is 4.98 Å². The Labute approximate surface area is 78.9 Å². The predicted molar refractivity (Wildman–Crippen MR) is 44.6 cm³/mol. The molecular formula is C9H9F3N2. The molecular weight excluding hydrogens is 193 g/mol. The summed E-state index contributed by atoms with van der Waals surface area (Å²) in [7, 11) is 0. The first-order valence-corrected chi connectivity index (χ1v) is 4.27. The average molecular weight is 202 g/mol. The molecule has 2 nitrogen and oxygen atoms in total. The number of pyridine rings is 1. The fourth-order valence-corrected chi connectivity index (χ4v) is 1.53. The van der Waals surface area contributed by atoms with Gasteiger partial charge in [-0.15, -0.1) is 0 Å². The molecule has 2 unspecified atom stereocenters. The Kier molecular flexibility index (Phi) is 1.99. The highest BCUT2D eigenvalue weighted by molar-refractivity contribution is 5.34. The fourth-order valence-electron chi connectivity index (χ4n) is 1.53. The second-order valence-corrected chi connectivity index (χ2v) is 3.47. The summed E-state index contributed by atoms with van der Waals surface area (Å²) in [6.45, 7) is 0. The van der Waals surface area contributed by atoms with Gasteiger partial charge in [0.1, 0.15) is 0 Å². The zero-order chi connectivity index (χ0) is 10.3. The van der Waals surface area contributed by atoms with Crippen LogP contribution in [0.2, 0.25) is 0 Å². The van der Waals surface area contributed by atoms with Crippen LogP contribution in [0.4, 0.5) is 13.2 Å². The summed E-state index contributed by atoms with van der Waals surface area (Å²) in [5, 5.41) is 0. The number of rotatable bonds is 1. The van der Waals surface area contributed by atoms with Crippen LogP contribution in [0, 0.1) is 0 Å². The van der Waals surface area contributed by atoms with E-state index in [1.165, 1.54) is 6.20 Å². The van der Waals surface area contributed by atoms with Gasteiger partial charge in [0, 0.05) is 24.4 Å². The molecule has 2 atom stereocenters. The molecule has 14 heavy (non-hydrogen) atoms. The second kappa shape index (κ2) is 2.95. The number of nitrogens with zero attached hydrogens (tertiary/aromatic N) is 1. The van der Waals surface area contributed by atoms with E-state index in [1.807, 2.05) is 0 Å². The maximum Gasteiger partial charge on any atom is 0.416 e. The number of aromatic nitrogens is 1. The van der Waals surface area contributed by atoms with Crippen LogP contribution in [-0.2, 0) is 6.18 Å². The largest absolute Gasteiger partial charge is 0.416 e. The van der Waals surface area contributed by atoms with Crippen molar-refractivity contribution < 1.29 is 13.2 Å². The smallest absolute Gasteiger partial charge is 0.327 e. The SMILES string of the molecule is NC1CC1c1cnccc1C(F)(F)F. The molecule has 2 N–H and O–H groups in total. The lowest BCUT2D eigenvalue weighted by Crippen LogP contribution is -2.11. The molecule has 1 fully saturated rings. The summed E-state index contributed by atoms with van der Waals surface area (Å²) in [5.41, 5.74) is 5.14. The summed E-state index contributed by atoms with van der Waals surface area (Å²) in [6.07, 6.45) is -1.27. The molecule has 1 aromatic rings. The van der Waals surface area contributed by atoms with Gasteiger partial charge in [-0.25, -0.2) is 0 Å². The van der Waals surface area contributed by atoms with Gasteiger partial charge in [0.05, 0.1) is 5.56 Å². The van der Waals surface area contributed by atoms with Crippen LogP contribution in [0.25, 0.3) is 0 Å². The Morgan fingerprint density at radius 2 is 2.07 bits per heavy atom. The Bertz CT molecular complexity index is 348. The van der Waals surface area contributed by atoms with Crippen molar-refractivity contribution in [3.63, 3.8) is 0 Å². The van der Waals surface area contributed by atoms with E-state index in [0.29, 0.717) is 6.42 Å². The van der Waals surface area contributed by atoms with Crippen LogP contribution in [-0.4, -0.2) is 11.0 Å². The minimum absolute atomic E-state index is 0.139. The van der Waals surface area contributed by atoms with Gasteiger partial charge in [0.2, 0.25) is 0 Å². The third-order valence-corrected chi connectivity index (χ3v) is 2.40. The van der Waals surface area contributed by atoms with Crippen LogP contribution in [0.3, 0.4) is 0 Å². The van der Waals surface area contributed by atoms with Gasteiger partial charge in [-0.3, -0.25) is 4.98 Å². The molecule has 0 saturated heterocycles. The summed E-state index contributed by atoms with van der Waals surface area (Å²) >= 11 is 0. The molecule has 5 heteroatoms. The van der Waals surface area contributed by atoms with Crippen LogP contribution in [0.5, 0.6) is 0 Å². The lowest BCUT2D eigenvalue weighted by Gasteiger charge is -2.11. The molecule has 1 aromatic heterocycles. The van der Waals surface area contributed by atoms with Crippen LogP contribution in [0.1, 0.15) is 23.5 Å². The zero-order valence-electron chi connectivity index (χ0n) is 7.25. The molecule has 1 aliphatic rings. The number of alkyl halides is 3. The zero-order valence-corrected chi connectivity index (χ0v) is 7.25. The quantitative estimate of drug-likeness (QED) is 0.755. The van der Waals surface area contributed by atoms with Crippen molar-refractivity contribution >= 4 is 0 Å². The third kappa shape index (κ3) is 1.59. The van der Waals surface area contributed by atoms with Gasteiger partial charge < -0.3 is 5.73 Å². The summed E-state index contributed by atoms with van der Waals surface area (Å²) < 4.78 is 37.5. The van der Waals surface area contributed by atoms with E-state index in [9.17, 15) is 13.2 Å². The van der Waals surface area contributed by atoms with Crippen molar-refractivity contribution in [2.75, 3.05) is 0 Å². The second-order valence-electron chi connectivity index (χ2n) is 3.47. The van der Waals surface area contributed by atoms with Crippen molar-refractivity contribution in [1.82, 2.24) is 4.98 Å². The Balaban J connectivity index is 2.39. The van der Waals surface area contributed by atoms with Gasteiger partial charge in [0.15, 0.2) is 0 Å². The van der Waals surface area contributed by atoms with Crippen molar-refractivity contribution in [3.8, 4) is 0 Å². The normalized spacial score (nSPS) is 26.3. The fraction of sp³-hybridized carbons (Fsp3) is 0.444. The molecule has 0 aliphatic heterocycles. The van der Waals surface area contributed by atoms with E-state index in [4.69, 9.17) is 5.73 Å². The van der Waals surface area contributed by atoms with Crippen molar-refractivity contribution in [3.05, 3.63) is 29.6 Å². The van der Waals surface area contributed by atoms with Gasteiger partial charge in [-0.1, -0.05) is 0 Å². The molecule has 1 heterocycles. The molecule has 76 valence electrons.